The van der Waals surface area contributed by atoms with Crippen molar-refractivity contribution in [1.82, 2.24) is 4.90 Å². The Morgan fingerprint density at radius 2 is 2.00 bits per heavy atom. The van der Waals surface area contributed by atoms with Crippen LogP contribution in [0.3, 0.4) is 0 Å². The molecule has 0 bridgehead atoms. The van der Waals surface area contributed by atoms with Crippen molar-refractivity contribution < 1.29 is 15.0 Å². The summed E-state index contributed by atoms with van der Waals surface area (Å²) in [6, 6.07) is 7.00. The molecule has 0 spiro atoms. The van der Waals surface area contributed by atoms with Gasteiger partial charge in [0.05, 0.1) is 12.2 Å². The Bertz CT molecular complexity index is 359. The second-order valence-electron chi connectivity index (χ2n) is 3.96. The molecule has 4 nitrogen and oxygen atoms in total. The molecule has 0 amide bonds. The maximum atomic E-state index is 11.1. The largest absolute Gasteiger partial charge is 0.478 e. The summed E-state index contributed by atoms with van der Waals surface area (Å²) in [4.78, 5) is 13.1. The van der Waals surface area contributed by atoms with E-state index in [1.807, 2.05) is 12.1 Å². The Morgan fingerprint density at radius 1 is 1.29 bits per heavy atom. The molecular formula is C13H19NO3. The Balaban J connectivity index is 2.80. The van der Waals surface area contributed by atoms with Gasteiger partial charge in [-0.2, -0.15) is 0 Å². The van der Waals surface area contributed by atoms with Crippen molar-refractivity contribution in [1.29, 1.82) is 0 Å². The van der Waals surface area contributed by atoms with Gasteiger partial charge in [0.2, 0.25) is 0 Å². The molecule has 94 valence electrons. The van der Waals surface area contributed by atoms with Crippen LogP contribution in [0, 0.1) is 0 Å². The molecule has 1 aromatic rings. The van der Waals surface area contributed by atoms with Gasteiger partial charge >= 0.3 is 5.97 Å². The fourth-order valence-electron chi connectivity index (χ4n) is 1.84. The predicted molar refractivity (Wildman–Crippen MR) is 66.1 cm³/mol. The third-order valence-corrected chi connectivity index (χ3v) is 2.60. The van der Waals surface area contributed by atoms with Gasteiger partial charge in [-0.05, 0) is 24.6 Å². The molecule has 0 heterocycles. The number of aromatic carboxylic acids is 1. The van der Waals surface area contributed by atoms with Gasteiger partial charge in [-0.15, -0.1) is 0 Å². The summed E-state index contributed by atoms with van der Waals surface area (Å²) in [5.41, 5.74) is 1.13. The molecule has 2 N–H and O–H groups in total. The highest BCUT2D eigenvalue weighted by molar-refractivity contribution is 5.89. The quantitative estimate of drug-likeness (QED) is 0.756. The number of carboxylic acid groups (broad SMARTS) is 1. The van der Waals surface area contributed by atoms with Crippen molar-refractivity contribution in [3.63, 3.8) is 0 Å². The van der Waals surface area contributed by atoms with Crippen LogP contribution in [0.15, 0.2) is 24.3 Å². The molecule has 0 aliphatic carbocycles. The number of carbonyl (C=O) groups is 1. The molecule has 1 aromatic carbocycles. The Morgan fingerprint density at radius 3 is 2.59 bits per heavy atom. The molecule has 0 saturated carbocycles. The fourth-order valence-corrected chi connectivity index (χ4v) is 1.84. The smallest absolute Gasteiger partial charge is 0.336 e. The number of benzene rings is 1. The van der Waals surface area contributed by atoms with Crippen molar-refractivity contribution >= 4 is 5.97 Å². The van der Waals surface area contributed by atoms with Gasteiger partial charge in [0.1, 0.15) is 0 Å². The second kappa shape index (κ2) is 7.04. The van der Waals surface area contributed by atoms with Crippen molar-refractivity contribution in [2.24, 2.45) is 0 Å². The zero-order valence-electron chi connectivity index (χ0n) is 10.1. The number of hydrogen-bond donors (Lipinski definition) is 2. The Hall–Kier alpha value is -1.39. The van der Waals surface area contributed by atoms with Gasteiger partial charge in [-0.1, -0.05) is 25.1 Å². The van der Waals surface area contributed by atoms with E-state index in [4.69, 9.17) is 10.2 Å². The number of aliphatic hydroxyl groups excluding tert-OH is 1. The minimum absolute atomic E-state index is 0.0925. The lowest BCUT2D eigenvalue weighted by Gasteiger charge is -2.21. The van der Waals surface area contributed by atoms with Gasteiger partial charge in [0.25, 0.3) is 0 Å². The van der Waals surface area contributed by atoms with Crippen LogP contribution in [-0.2, 0) is 6.54 Å². The first-order valence-electron chi connectivity index (χ1n) is 5.83. The van der Waals surface area contributed by atoms with Crippen molar-refractivity contribution in [2.45, 2.75) is 19.9 Å². The summed E-state index contributed by atoms with van der Waals surface area (Å²) >= 11 is 0. The number of carboxylic acids is 1. The van der Waals surface area contributed by atoms with Crippen LogP contribution in [0.4, 0.5) is 0 Å². The zero-order valence-corrected chi connectivity index (χ0v) is 10.1. The highest BCUT2D eigenvalue weighted by Crippen LogP contribution is 2.12. The normalized spacial score (nSPS) is 10.8. The van der Waals surface area contributed by atoms with E-state index >= 15 is 0 Å². The monoisotopic (exact) mass is 237 g/mol. The molecule has 0 saturated heterocycles. The molecule has 0 fully saturated rings. The third kappa shape index (κ3) is 4.17. The summed E-state index contributed by atoms with van der Waals surface area (Å²) in [6.07, 6.45) is 0.981. The summed E-state index contributed by atoms with van der Waals surface area (Å²) in [5, 5.41) is 18.0. The van der Waals surface area contributed by atoms with Gasteiger partial charge in [-0.25, -0.2) is 4.79 Å². The Labute approximate surface area is 101 Å². The molecule has 1 rings (SSSR count). The molecule has 0 atom stereocenters. The van der Waals surface area contributed by atoms with E-state index in [0.717, 1.165) is 18.5 Å². The molecule has 4 heteroatoms. The molecular weight excluding hydrogens is 218 g/mol. The lowest BCUT2D eigenvalue weighted by atomic mass is 10.1. The van der Waals surface area contributed by atoms with Crippen LogP contribution in [0.5, 0.6) is 0 Å². The van der Waals surface area contributed by atoms with Gasteiger partial charge in [0, 0.05) is 13.1 Å². The first kappa shape index (κ1) is 13.7. The molecule has 0 radical (unpaired) electrons. The first-order valence-corrected chi connectivity index (χ1v) is 5.83. The Kier molecular flexibility index (Phi) is 5.66. The molecule has 17 heavy (non-hydrogen) atoms. The van der Waals surface area contributed by atoms with Gasteiger partial charge < -0.3 is 10.2 Å². The van der Waals surface area contributed by atoms with Crippen LogP contribution in [0.2, 0.25) is 0 Å². The summed E-state index contributed by atoms with van der Waals surface area (Å²) < 4.78 is 0. The minimum atomic E-state index is -0.902. The van der Waals surface area contributed by atoms with Gasteiger partial charge in [-0.3, -0.25) is 4.90 Å². The second-order valence-corrected chi connectivity index (χ2v) is 3.96. The van der Waals surface area contributed by atoms with E-state index in [2.05, 4.69) is 11.8 Å². The SMILES string of the molecule is CCCN(CCO)Cc1ccccc1C(=O)O. The van der Waals surface area contributed by atoms with Crippen LogP contribution < -0.4 is 0 Å². The maximum Gasteiger partial charge on any atom is 0.336 e. The molecule has 0 aromatic heterocycles. The van der Waals surface area contributed by atoms with E-state index in [1.54, 1.807) is 12.1 Å². The number of nitrogens with zero attached hydrogens (tertiary/aromatic N) is 1. The molecule has 0 aliphatic heterocycles. The van der Waals surface area contributed by atoms with Crippen molar-refractivity contribution in [3.05, 3.63) is 35.4 Å². The minimum Gasteiger partial charge on any atom is -0.478 e. The average Bonchev–Trinajstić information content (AvgIpc) is 2.30. The van der Waals surface area contributed by atoms with Crippen molar-refractivity contribution in [3.8, 4) is 0 Å². The predicted octanol–water partition coefficient (Wildman–Crippen LogP) is 1.59. The van der Waals surface area contributed by atoms with Crippen molar-refractivity contribution in [2.75, 3.05) is 19.7 Å². The first-order chi connectivity index (χ1) is 8.19. The van der Waals surface area contributed by atoms with E-state index in [-0.39, 0.29) is 6.61 Å². The van der Waals surface area contributed by atoms with Crippen LogP contribution in [-0.4, -0.2) is 40.8 Å². The van der Waals surface area contributed by atoms with Crippen LogP contribution in [0.25, 0.3) is 0 Å². The number of aliphatic hydroxyl groups is 1. The standard InChI is InChI=1S/C13H19NO3/c1-2-7-14(8-9-15)10-11-5-3-4-6-12(11)13(16)17/h3-6,15H,2,7-10H2,1H3,(H,16,17). The molecule has 0 unspecified atom stereocenters. The lowest BCUT2D eigenvalue weighted by molar-refractivity contribution is 0.0694. The number of rotatable bonds is 7. The highest BCUT2D eigenvalue weighted by Gasteiger charge is 2.12. The summed E-state index contributed by atoms with van der Waals surface area (Å²) in [5.74, 6) is -0.902. The topological polar surface area (TPSA) is 60.8 Å². The van der Waals surface area contributed by atoms with E-state index in [9.17, 15) is 4.79 Å². The lowest BCUT2D eigenvalue weighted by Crippen LogP contribution is -2.28. The van der Waals surface area contributed by atoms with Gasteiger partial charge in [0.15, 0.2) is 0 Å². The van der Waals surface area contributed by atoms with Crippen LogP contribution >= 0.6 is 0 Å². The third-order valence-electron chi connectivity index (χ3n) is 2.60. The van der Waals surface area contributed by atoms with E-state index in [0.29, 0.717) is 18.7 Å². The summed E-state index contributed by atoms with van der Waals surface area (Å²) in [7, 11) is 0. The van der Waals surface area contributed by atoms with E-state index in [1.165, 1.54) is 0 Å². The number of hydrogen-bond acceptors (Lipinski definition) is 3. The maximum absolute atomic E-state index is 11.1. The van der Waals surface area contributed by atoms with E-state index < -0.39 is 5.97 Å². The molecule has 0 aliphatic rings. The van der Waals surface area contributed by atoms with Crippen LogP contribution in [0.1, 0.15) is 29.3 Å². The highest BCUT2D eigenvalue weighted by atomic mass is 16.4. The average molecular weight is 237 g/mol. The summed E-state index contributed by atoms with van der Waals surface area (Å²) in [6.45, 7) is 4.15. The zero-order chi connectivity index (χ0) is 12.7. The fraction of sp³-hybridized carbons (Fsp3) is 0.462.